The van der Waals surface area contributed by atoms with Gasteiger partial charge in [0.15, 0.2) is 5.69 Å². The fraction of sp³-hybridized carbons (Fsp3) is 0.267. The summed E-state index contributed by atoms with van der Waals surface area (Å²) in [4.78, 5) is 0. The molecular weight excluding hydrogens is 243 g/mol. The topological polar surface area (TPSA) is 3.88 Å². The number of nitrogens with zero attached hydrogens (tertiary/aromatic N) is 1. The van der Waals surface area contributed by atoms with E-state index in [1.54, 1.807) is 12.1 Å². The van der Waals surface area contributed by atoms with Crippen molar-refractivity contribution in [2.75, 3.05) is 0 Å². The fourth-order valence-corrected chi connectivity index (χ4v) is 3.22. The molecule has 0 saturated heterocycles. The van der Waals surface area contributed by atoms with Crippen LogP contribution in [0.2, 0.25) is 0 Å². The minimum Gasteiger partial charge on any atom is -0.412 e. The molecule has 1 aliphatic heterocycles. The molecule has 1 nitrogen and oxygen atoms in total. The Kier molecular flexibility index (Phi) is 2.70. The molecule has 1 aromatic heterocycles. The molecule has 0 amide bonds. The first-order valence-electron chi connectivity index (χ1n) is 6.65. The van der Waals surface area contributed by atoms with Crippen molar-refractivity contribution in [2.24, 2.45) is 5.92 Å². The third-order valence-corrected chi connectivity index (χ3v) is 4.01. The van der Waals surface area contributed by atoms with Gasteiger partial charge in [0, 0.05) is 11.6 Å². The molecule has 0 spiro atoms. The van der Waals surface area contributed by atoms with Crippen LogP contribution < -0.4 is 4.48 Å². The Labute approximate surface area is 111 Å². The average molecular weight is 259 g/mol. The maximum absolute atomic E-state index is 14.8. The normalized spacial score (nSPS) is 19.9. The first kappa shape index (κ1) is 12.3. The summed E-state index contributed by atoms with van der Waals surface area (Å²) >= 11 is 0. The molecule has 0 radical (unpaired) electrons. The minimum absolute atomic E-state index is 0.1000. The zero-order chi connectivity index (χ0) is 13.6. The van der Waals surface area contributed by atoms with Crippen molar-refractivity contribution in [3.05, 3.63) is 54.2 Å². The number of halogens is 2. The van der Waals surface area contributed by atoms with Gasteiger partial charge < -0.3 is 13.1 Å². The van der Waals surface area contributed by atoms with E-state index in [1.807, 2.05) is 44.2 Å². The van der Waals surface area contributed by atoms with Gasteiger partial charge in [-0.2, -0.15) is 0 Å². The fourth-order valence-electron chi connectivity index (χ4n) is 3.22. The van der Waals surface area contributed by atoms with Crippen molar-refractivity contribution in [3.63, 3.8) is 0 Å². The van der Waals surface area contributed by atoms with Gasteiger partial charge in [0.2, 0.25) is 0 Å². The van der Waals surface area contributed by atoms with Gasteiger partial charge in [0.25, 0.3) is 0 Å². The van der Waals surface area contributed by atoms with E-state index < -0.39 is 12.7 Å². The lowest BCUT2D eigenvalue weighted by Crippen LogP contribution is -2.66. The SMILES string of the molecule is CC(C)[C@@H]1c2ccccc2-c2cccc[n+]2[B-]1(F)F. The smallest absolute Gasteiger partial charge is 0.412 e. The molecule has 0 unspecified atom stereocenters. The zero-order valence-electron chi connectivity index (χ0n) is 11.1. The molecule has 0 saturated carbocycles. The standard InChI is InChI=1S/C15H16BF2N/c1-11(2)15-13-8-4-3-7-12(13)14-9-5-6-10-19(14)16(15,17)18/h3-11,15H,1-2H3/t15-/m1/s1. The van der Waals surface area contributed by atoms with E-state index in [4.69, 9.17) is 0 Å². The molecule has 3 rings (SSSR count). The Bertz CT molecular complexity index is 625. The van der Waals surface area contributed by atoms with Crippen LogP contribution in [-0.4, -0.2) is 6.84 Å². The highest BCUT2D eigenvalue weighted by Gasteiger charge is 2.54. The highest BCUT2D eigenvalue weighted by molar-refractivity contribution is 6.59. The molecule has 2 heterocycles. The Balaban J connectivity index is 2.35. The van der Waals surface area contributed by atoms with Gasteiger partial charge in [-0.15, -0.1) is 0 Å². The molecule has 0 bridgehead atoms. The number of hydrogen-bond donors (Lipinski definition) is 0. The lowest BCUT2D eigenvalue weighted by molar-refractivity contribution is -0.558. The van der Waals surface area contributed by atoms with E-state index in [9.17, 15) is 8.63 Å². The van der Waals surface area contributed by atoms with Crippen LogP contribution in [0.4, 0.5) is 8.63 Å². The quantitative estimate of drug-likeness (QED) is 0.688. The van der Waals surface area contributed by atoms with Crippen molar-refractivity contribution in [1.82, 2.24) is 0 Å². The first-order chi connectivity index (χ1) is 9.03. The number of benzene rings is 1. The summed E-state index contributed by atoms with van der Waals surface area (Å²) in [5, 5.41) is 0. The molecule has 98 valence electrons. The minimum atomic E-state index is -3.63. The van der Waals surface area contributed by atoms with E-state index in [-0.39, 0.29) is 5.92 Å². The van der Waals surface area contributed by atoms with Gasteiger partial charge in [-0.1, -0.05) is 49.6 Å². The van der Waals surface area contributed by atoms with E-state index in [2.05, 4.69) is 0 Å². The van der Waals surface area contributed by atoms with Gasteiger partial charge in [-0.25, -0.2) is 0 Å². The second kappa shape index (κ2) is 4.15. The van der Waals surface area contributed by atoms with E-state index in [1.165, 1.54) is 10.7 Å². The average Bonchev–Trinajstić information content (AvgIpc) is 2.38. The summed E-state index contributed by atoms with van der Waals surface area (Å²) in [6.45, 7) is 0.102. The summed E-state index contributed by atoms with van der Waals surface area (Å²) < 4.78 is 30.8. The van der Waals surface area contributed by atoms with E-state index in [0.29, 0.717) is 5.69 Å². The summed E-state index contributed by atoms with van der Waals surface area (Å²) in [7, 11) is 0. The third kappa shape index (κ3) is 1.70. The van der Waals surface area contributed by atoms with Crippen LogP contribution in [-0.2, 0) is 0 Å². The van der Waals surface area contributed by atoms with Gasteiger partial charge in [-0.3, -0.25) is 0 Å². The lowest BCUT2D eigenvalue weighted by Gasteiger charge is -2.37. The predicted octanol–water partition coefficient (Wildman–Crippen LogP) is 3.66. The molecule has 4 heteroatoms. The summed E-state index contributed by atoms with van der Waals surface area (Å²) in [5.74, 6) is -0.826. The summed E-state index contributed by atoms with van der Waals surface area (Å²) in [6.07, 6.45) is 1.50. The summed E-state index contributed by atoms with van der Waals surface area (Å²) in [5.41, 5.74) is 2.31. The Morgan fingerprint density at radius 1 is 1.05 bits per heavy atom. The van der Waals surface area contributed by atoms with Crippen LogP contribution in [0, 0.1) is 5.92 Å². The Morgan fingerprint density at radius 3 is 2.47 bits per heavy atom. The largest absolute Gasteiger partial charge is 0.621 e. The number of aromatic nitrogens is 1. The number of rotatable bonds is 1. The number of pyridine rings is 1. The molecule has 1 aliphatic rings. The third-order valence-electron chi connectivity index (χ3n) is 4.01. The van der Waals surface area contributed by atoms with Crippen molar-refractivity contribution < 1.29 is 13.1 Å². The van der Waals surface area contributed by atoms with Crippen molar-refractivity contribution in [2.45, 2.75) is 19.7 Å². The molecule has 1 aromatic carbocycles. The van der Waals surface area contributed by atoms with Gasteiger partial charge in [0.1, 0.15) is 6.20 Å². The molecular formula is C15H16BF2N. The lowest BCUT2D eigenvalue weighted by atomic mass is 9.53. The highest BCUT2D eigenvalue weighted by atomic mass is 19.2. The number of hydrogen-bond acceptors (Lipinski definition) is 0. The van der Waals surface area contributed by atoms with Crippen LogP contribution in [0.15, 0.2) is 48.7 Å². The van der Waals surface area contributed by atoms with Crippen LogP contribution in [0.5, 0.6) is 0 Å². The van der Waals surface area contributed by atoms with Crippen LogP contribution >= 0.6 is 0 Å². The second-order valence-corrected chi connectivity index (χ2v) is 5.53. The van der Waals surface area contributed by atoms with Crippen LogP contribution in [0.1, 0.15) is 25.2 Å². The Morgan fingerprint density at radius 2 is 1.74 bits per heavy atom. The molecule has 0 N–H and O–H groups in total. The van der Waals surface area contributed by atoms with E-state index >= 15 is 0 Å². The highest BCUT2D eigenvalue weighted by Crippen LogP contribution is 2.42. The van der Waals surface area contributed by atoms with E-state index in [0.717, 1.165) is 11.1 Å². The molecule has 0 aliphatic carbocycles. The van der Waals surface area contributed by atoms with Gasteiger partial charge in [0.05, 0.1) is 0 Å². The van der Waals surface area contributed by atoms with Crippen molar-refractivity contribution >= 4 is 6.84 Å². The van der Waals surface area contributed by atoms with Crippen LogP contribution in [0.3, 0.4) is 0 Å². The van der Waals surface area contributed by atoms with Crippen LogP contribution in [0.25, 0.3) is 11.3 Å². The monoisotopic (exact) mass is 259 g/mol. The number of fused-ring (bicyclic) bond motifs is 3. The van der Waals surface area contributed by atoms with Gasteiger partial charge >= 0.3 is 6.84 Å². The van der Waals surface area contributed by atoms with Crippen molar-refractivity contribution in [1.29, 1.82) is 0 Å². The molecule has 2 aromatic rings. The first-order valence-corrected chi connectivity index (χ1v) is 6.65. The summed E-state index contributed by atoms with van der Waals surface area (Å²) in [6, 6.07) is 12.8. The maximum Gasteiger partial charge on any atom is 0.621 e. The van der Waals surface area contributed by atoms with Gasteiger partial charge in [-0.05, 0) is 17.9 Å². The Hall–Kier alpha value is -1.71. The van der Waals surface area contributed by atoms with Crippen molar-refractivity contribution in [3.8, 4) is 11.3 Å². The predicted molar refractivity (Wildman–Crippen MR) is 73.0 cm³/mol. The molecule has 19 heavy (non-hydrogen) atoms. The molecule has 1 atom stereocenters. The zero-order valence-corrected chi connectivity index (χ0v) is 11.1. The second-order valence-electron chi connectivity index (χ2n) is 5.53. The molecule has 0 fully saturated rings. The maximum atomic E-state index is 14.8.